The molecule has 196 valence electrons. The lowest BCUT2D eigenvalue weighted by Crippen LogP contribution is -2.36. The smallest absolute Gasteiger partial charge is 0.334 e. The molecule has 3 rings (SSSR count). The number of dihydropyridines is 1. The van der Waals surface area contributed by atoms with Crippen molar-refractivity contribution in [3.8, 4) is 0 Å². The third-order valence-electron chi connectivity index (χ3n) is 7.01. The fourth-order valence-corrected chi connectivity index (χ4v) is 5.21. The second-order valence-corrected chi connectivity index (χ2v) is 9.82. The molecule has 36 heavy (non-hydrogen) atoms. The number of benzene rings is 1. The van der Waals surface area contributed by atoms with Crippen molar-refractivity contribution >= 4 is 35.0 Å². The van der Waals surface area contributed by atoms with E-state index >= 15 is 0 Å². The molecule has 0 saturated carbocycles. The molecule has 1 aromatic carbocycles. The van der Waals surface area contributed by atoms with E-state index in [1.54, 1.807) is 13.8 Å². The Morgan fingerprint density at radius 2 is 1.75 bits per heavy atom. The number of thiocarbonyl (C=S) groups is 1. The summed E-state index contributed by atoms with van der Waals surface area (Å²) in [5.74, 6) is -3.30. The average Bonchev–Trinajstić information content (AvgIpc) is 2.82. The molecule has 2 aliphatic heterocycles. The number of likely N-dealkylation sites (tertiary alicyclic amines) is 1. The van der Waals surface area contributed by atoms with Gasteiger partial charge in [-0.25, -0.2) is 14.0 Å². The van der Waals surface area contributed by atoms with Crippen LogP contribution in [0.1, 0.15) is 57.9 Å². The molecule has 1 saturated heterocycles. The first-order chi connectivity index (χ1) is 17.1. The Labute approximate surface area is 216 Å². The van der Waals surface area contributed by atoms with E-state index < -0.39 is 23.7 Å². The van der Waals surface area contributed by atoms with E-state index in [9.17, 15) is 24.2 Å². The minimum absolute atomic E-state index is 0.0509. The lowest BCUT2D eigenvalue weighted by molar-refractivity contribution is -0.133. The topological polar surface area (TPSA) is 114 Å². The van der Waals surface area contributed by atoms with Gasteiger partial charge >= 0.3 is 11.9 Å². The van der Waals surface area contributed by atoms with Crippen molar-refractivity contribution in [3.05, 3.63) is 52.1 Å². The highest BCUT2D eigenvalue weighted by Gasteiger charge is 2.36. The first-order valence-electron chi connectivity index (χ1n) is 12.3. The van der Waals surface area contributed by atoms with Crippen LogP contribution in [0.15, 0.2) is 40.7 Å². The summed E-state index contributed by atoms with van der Waals surface area (Å²) in [5.41, 5.74) is 0.871. The number of allylic oxidation sites excluding steroid dienone is 2. The van der Waals surface area contributed by atoms with E-state index in [0.29, 0.717) is 23.5 Å². The van der Waals surface area contributed by atoms with Crippen LogP contribution < -0.4 is 16.0 Å². The quantitative estimate of drug-likeness (QED) is 0.244. The molecule has 0 spiro atoms. The Bertz CT molecular complexity index is 1040. The molecule has 0 radical (unpaired) electrons. The van der Waals surface area contributed by atoms with Gasteiger partial charge in [0.25, 0.3) is 0 Å². The maximum atomic E-state index is 14.6. The SMILES string of the molecule is CCC1CCN(CCCNC(=S)Nc2cc(C3C(C(=O)O)=C(C)NC(C)=C3C(=O)O)ccc2F)CC1. The number of nitrogens with one attached hydrogen (secondary N) is 3. The van der Waals surface area contributed by atoms with Gasteiger partial charge in [-0.05, 0) is 88.6 Å². The molecule has 0 aromatic heterocycles. The molecule has 8 nitrogen and oxygen atoms in total. The first-order valence-corrected chi connectivity index (χ1v) is 12.7. The molecule has 2 heterocycles. The number of rotatable bonds is 9. The predicted octanol–water partition coefficient (Wildman–Crippen LogP) is 4.03. The molecule has 5 N–H and O–H groups in total. The molecule has 2 aliphatic rings. The Morgan fingerprint density at radius 3 is 2.31 bits per heavy atom. The summed E-state index contributed by atoms with van der Waals surface area (Å²) >= 11 is 5.34. The van der Waals surface area contributed by atoms with Crippen LogP contribution in [0.4, 0.5) is 10.1 Å². The number of hydrogen-bond acceptors (Lipinski definition) is 5. The van der Waals surface area contributed by atoms with Crippen LogP contribution in [0.25, 0.3) is 0 Å². The zero-order valence-corrected chi connectivity index (χ0v) is 21.8. The van der Waals surface area contributed by atoms with Gasteiger partial charge in [0.05, 0.1) is 22.8 Å². The van der Waals surface area contributed by atoms with Crippen molar-refractivity contribution < 1.29 is 24.2 Å². The number of carboxylic acids is 2. The number of halogens is 1. The van der Waals surface area contributed by atoms with Crippen molar-refractivity contribution in [1.82, 2.24) is 15.5 Å². The molecular weight excluding hydrogens is 483 g/mol. The lowest BCUT2D eigenvalue weighted by Gasteiger charge is -2.31. The maximum Gasteiger partial charge on any atom is 0.334 e. The van der Waals surface area contributed by atoms with E-state index in [1.165, 1.54) is 37.5 Å². The van der Waals surface area contributed by atoms with E-state index in [2.05, 4.69) is 27.8 Å². The van der Waals surface area contributed by atoms with Gasteiger partial charge in [0, 0.05) is 17.9 Å². The second kappa shape index (κ2) is 12.3. The van der Waals surface area contributed by atoms with Crippen LogP contribution in [-0.2, 0) is 9.59 Å². The molecule has 1 aromatic rings. The zero-order valence-electron chi connectivity index (χ0n) is 21.0. The van der Waals surface area contributed by atoms with Crippen LogP contribution in [0.5, 0.6) is 0 Å². The fraction of sp³-hybridized carbons (Fsp3) is 0.500. The monoisotopic (exact) mass is 518 g/mol. The van der Waals surface area contributed by atoms with Gasteiger partial charge in [0.2, 0.25) is 0 Å². The Kier molecular flexibility index (Phi) is 9.44. The Balaban J connectivity index is 1.67. The predicted molar refractivity (Wildman–Crippen MR) is 141 cm³/mol. The summed E-state index contributed by atoms with van der Waals surface area (Å²) in [6.45, 7) is 9.24. The summed E-state index contributed by atoms with van der Waals surface area (Å²) in [7, 11) is 0. The van der Waals surface area contributed by atoms with Crippen molar-refractivity contribution in [3.63, 3.8) is 0 Å². The molecule has 10 heteroatoms. The van der Waals surface area contributed by atoms with Gasteiger partial charge in [0.1, 0.15) is 5.82 Å². The van der Waals surface area contributed by atoms with Crippen molar-refractivity contribution in [2.24, 2.45) is 5.92 Å². The van der Waals surface area contributed by atoms with Gasteiger partial charge in [-0.3, -0.25) is 0 Å². The van der Waals surface area contributed by atoms with Gasteiger partial charge in [-0.2, -0.15) is 0 Å². The fourth-order valence-electron chi connectivity index (χ4n) is 5.00. The summed E-state index contributed by atoms with van der Waals surface area (Å²) < 4.78 is 14.6. The summed E-state index contributed by atoms with van der Waals surface area (Å²) in [4.78, 5) is 26.5. The standard InChI is InChI=1S/C26H35FN4O4S/c1-4-17-8-12-31(13-9-17)11-5-10-28-26(36)30-20-14-18(6-7-19(20)27)23-21(24(32)33)15(2)29-16(3)22(23)25(34)35/h6-7,14,17,23,29H,4-5,8-13H2,1-3H3,(H,32,33)(H,34,35)(H2,28,30,36). The highest BCUT2D eigenvalue weighted by Crippen LogP contribution is 2.39. The molecule has 0 bridgehead atoms. The number of anilines is 1. The van der Waals surface area contributed by atoms with Crippen LogP contribution in [-0.4, -0.2) is 58.3 Å². The third kappa shape index (κ3) is 6.61. The van der Waals surface area contributed by atoms with E-state index in [1.807, 2.05) is 0 Å². The first kappa shape index (κ1) is 27.6. The van der Waals surface area contributed by atoms with Crippen molar-refractivity contribution in [2.75, 3.05) is 31.5 Å². The van der Waals surface area contributed by atoms with Crippen LogP contribution in [0, 0.1) is 11.7 Å². The summed E-state index contributed by atoms with van der Waals surface area (Å²) in [5, 5.41) is 28.6. The maximum absolute atomic E-state index is 14.6. The van der Waals surface area contributed by atoms with Gasteiger partial charge < -0.3 is 31.1 Å². The Hall–Kier alpha value is -2.98. The number of piperidine rings is 1. The summed E-state index contributed by atoms with van der Waals surface area (Å²) in [6.07, 6.45) is 4.63. The van der Waals surface area contributed by atoms with Gasteiger partial charge in [0.15, 0.2) is 5.11 Å². The number of hydrogen-bond donors (Lipinski definition) is 5. The Morgan fingerprint density at radius 1 is 1.14 bits per heavy atom. The van der Waals surface area contributed by atoms with E-state index in [4.69, 9.17) is 12.2 Å². The third-order valence-corrected chi connectivity index (χ3v) is 7.26. The average molecular weight is 519 g/mol. The van der Waals surface area contributed by atoms with Gasteiger partial charge in [-0.15, -0.1) is 0 Å². The van der Waals surface area contributed by atoms with E-state index in [0.717, 1.165) is 32.0 Å². The number of aliphatic carboxylic acids is 2. The van der Waals surface area contributed by atoms with Crippen LogP contribution in [0.2, 0.25) is 0 Å². The number of carboxylic acid groups (broad SMARTS) is 2. The molecule has 0 unspecified atom stereocenters. The van der Waals surface area contributed by atoms with Gasteiger partial charge in [-0.1, -0.05) is 19.4 Å². The molecule has 0 amide bonds. The van der Waals surface area contributed by atoms with Crippen molar-refractivity contribution in [1.29, 1.82) is 0 Å². The largest absolute Gasteiger partial charge is 0.478 e. The normalized spacial score (nSPS) is 17.7. The molecule has 0 aliphatic carbocycles. The van der Waals surface area contributed by atoms with Crippen LogP contribution in [0.3, 0.4) is 0 Å². The minimum atomic E-state index is -1.24. The van der Waals surface area contributed by atoms with Crippen molar-refractivity contribution in [2.45, 2.75) is 52.4 Å². The lowest BCUT2D eigenvalue weighted by atomic mass is 9.80. The zero-order chi connectivity index (χ0) is 26.4. The molecule has 1 fully saturated rings. The van der Waals surface area contributed by atoms with Crippen LogP contribution >= 0.6 is 12.2 Å². The molecule has 0 atom stereocenters. The highest BCUT2D eigenvalue weighted by molar-refractivity contribution is 7.80. The summed E-state index contributed by atoms with van der Waals surface area (Å²) in [6, 6.07) is 4.01. The minimum Gasteiger partial charge on any atom is -0.478 e. The van der Waals surface area contributed by atoms with E-state index in [-0.39, 0.29) is 21.9 Å². The highest BCUT2D eigenvalue weighted by atomic mass is 32.1. The number of nitrogens with zero attached hydrogens (tertiary/aromatic N) is 1. The number of carbonyl (C=O) groups is 2. The molecular formula is C26H35FN4O4S. The second-order valence-electron chi connectivity index (χ2n) is 9.41.